The van der Waals surface area contributed by atoms with E-state index < -0.39 is 30.3 Å². The van der Waals surface area contributed by atoms with Gasteiger partial charge in [0.15, 0.2) is 0 Å². The standard InChI is InChI=1S/C20H19F3N4O5/c1-26(19(30)31-2)16-11-27(25-17(16)12-3-7-14(28)8-4-12)18(29)24-13-5-9-15(10-6-13)32-20(21,22)23/h3-10,16,28H,11H2,1-2H3,(H,24,29). The molecule has 1 aliphatic heterocycles. The number of carbonyl (C=O) groups excluding carboxylic acids is 2. The number of hydrogen-bond donors (Lipinski definition) is 2. The number of likely N-dealkylation sites (N-methyl/N-ethyl adjacent to an activating group) is 1. The van der Waals surface area contributed by atoms with Gasteiger partial charge in [0, 0.05) is 18.3 Å². The van der Waals surface area contributed by atoms with Gasteiger partial charge in [0.25, 0.3) is 0 Å². The van der Waals surface area contributed by atoms with Crippen molar-refractivity contribution < 1.29 is 37.3 Å². The topological polar surface area (TPSA) is 104 Å². The Bertz CT molecular complexity index is 1010. The highest BCUT2D eigenvalue weighted by Crippen LogP contribution is 2.25. The van der Waals surface area contributed by atoms with Gasteiger partial charge < -0.3 is 24.8 Å². The summed E-state index contributed by atoms with van der Waals surface area (Å²) >= 11 is 0. The van der Waals surface area contributed by atoms with Gasteiger partial charge in [0.2, 0.25) is 0 Å². The molecule has 1 unspecified atom stereocenters. The minimum absolute atomic E-state index is 0.00289. The van der Waals surface area contributed by atoms with E-state index in [1.54, 1.807) is 12.1 Å². The molecule has 0 bridgehead atoms. The molecule has 12 heteroatoms. The fourth-order valence-corrected chi connectivity index (χ4v) is 3.00. The molecule has 2 aromatic rings. The number of halogens is 3. The third kappa shape index (κ3) is 5.39. The zero-order chi connectivity index (χ0) is 23.5. The number of nitrogens with one attached hydrogen (secondary N) is 1. The summed E-state index contributed by atoms with van der Waals surface area (Å²) < 4.78 is 45.4. The van der Waals surface area contributed by atoms with Crippen molar-refractivity contribution in [2.24, 2.45) is 5.10 Å². The lowest BCUT2D eigenvalue weighted by Crippen LogP contribution is -2.45. The van der Waals surface area contributed by atoms with E-state index in [1.807, 2.05) is 0 Å². The van der Waals surface area contributed by atoms with E-state index in [0.29, 0.717) is 11.3 Å². The summed E-state index contributed by atoms with van der Waals surface area (Å²) in [5, 5.41) is 17.4. The fourth-order valence-electron chi connectivity index (χ4n) is 3.00. The zero-order valence-corrected chi connectivity index (χ0v) is 17.0. The second-order valence-electron chi connectivity index (χ2n) is 6.71. The van der Waals surface area contributed by atoms with Crippen LogP contribution in [0.15, 0.2) is 53.6 Å². The summed E-state index contributed by atoms with van der Waals surface area (Å²) in [5.74, 6) is -0.387. The number of amides is 3. The Hall–Kier alpha value is -3.96. The molecule has 9 nitrogen and oxygen atoms in total. The van der Waals surface area contributed by atoms with E-state index in [2.05, 4.69) is 15.2 Å². The summed E-state index contributed by atoms with van der Waals surface area (Å²) in [4.78, 5) is 26.0. The monoisotopic (exact) mass is 452 g/mol. The first-order valence-electron chi connectivity index (χ1n) is 9.20. The molecule has 0 fully saturated rings. The van der Waals surface area contributed by atoms with E-state index >= 15 is 0 Å². The number of urea groups is 1. The summed E-state index contributed by atoms with van der Waals surface area (Å²) in [6.45, 7) is 0.00289. The maximum absolute atomic E-state index is 12.7. The largest absolute Gasteiger partial charge is 0.573 e. The molecule has 0 aliphatic carbocycles. The summed E-state index contributed by atoms with van der Waals surface area (Å²) in [7, 11) is 2.72. The van der Waals surface area contributed by atoms with Crippen molar-refractivity contribution in [2.75, 3.05) is 26.0 Å². The van der Waals surface area contributed by atoms with Crippen molar-refractivity contribution in [3.63, 3.8) is 0 Å². The van der Waals surface area contributed by atoms with Gasteiger partial charge in [-0.15, -0.1) is 13.2 Å². The number of ether oxygens (including phenoxy) is 2. The zero-order valence-electron chi connectivity index (χ0n) is 17.0. The van der Waals surface area contributed by atoms with E-state index in [-0.39, 0.29) is 18.0 Å². The molecule has 32 heavy (non-hydrogen) atoms. The van der Waals surface area contributed by atoms with Crippen LogP contribution >= 0.6 is 0 Å². The second kappa shape index (κ2) is 9.04. The van der Waals surface area contributed by atoms with Gasteiger partial charge in [0.1, 0.15) is 11.5 Å². The molecule has 0 spiro atoms. The minimum atomic E-state index is -4.82. The molecule has 1 aliphatic rings. The lowest BCUT2D eigenvalue weighted by atomic mass is 10.0. The Morgan fingerprint density at radius 2 is 1.78 bits per heavy atom. The molecule has 2 N–H and O–H groups in total. The smallest absolute Gasteiger partial charge is 0.508 e. The molecule has 170 valence electrons. The lowest BCUT2D eigenvalue weighted by molar-refractivity contribution is -0.274. The average molecular weight is 452 g/mol. The average Bonchev–Trinajstić information content (AvgIpc) is 3.19. The van der Waals surface area contributed by atoms with Gasteiger partial charge >= 0.3 is 18.5 Å². The van der Waals surface area contributed by atoms with Gasteiger partial charge in [0.05, 0.1) is 25.4 Å². The summed E-state index contributed by atoms with van der Waals surface area (Å²) in [5.41, 5.74) is 1.19. The van der Waals surface area contributed by atoms with Gasteiger partial charge in [-0.2, -0.15) is 5.10 Å². The van der Waals surface area contributed by atoms with Crippen LogP contribution in [0, 0.1) is 0 Å². The highest BCUT2D eigenvalue weighted by atomic mass is 19.4. The van der Waals surface area contributed by atoms with E-state index in [1.165, 1.54) is 43.3 Å². The Morgan fingerprint density at radius 3 is 2.34 bits per heavy atom. The molecular formula is C20H19F3N4O5. The molecular weight excluding hydrogens is 433 g/mol. The number of hydrazone groups is 1. The second-order valence-corrected chi connectivity index (χ2v) is 6.71. The minimum Gasteiger partial charge on any atom is -0.508 e. The highest BCUT2D eigenvalue weighted by molar-refractivity contribution is 6.08. The number of nitrogens with zero attached hydrogens (tertiary/aromatic N) is 3. The number of rotatable bonds is 4. The normalized spacial score (nSPS) is 15.7. The van der Waals surface area contributed by atoms with Crippen molar-refractivity contribution in [1.82, 2.24) is 9.91 Å². The van der Waals surface area contributed by atoms with E-state index in [4.69, 9.17) is 4.74 Å². The van der Waals surface area contributed by atoms with Gasteiger partial charge in [-0.3, -0.25) is 0 Å². The molecule has 3 rings (SSSR count). The Kier molecular flexibility index (Phi) is 6.42. The molecule has 1 atom stereocenters. The predicted molar refractivity (Wildman–Crippen MR) is 107 cm³/mol. The maximum Gasteiger partial charge on any atom is 0.573 e. The Balaban J connectivity index is 1.78. The molecule has 3 amide bonds. The van der Waals surface area contributed by atoms with Crippen molar-refractivity contribution in [3.05, 3.63) is 54.1 Å². The first-order valence-corrected chi connectivity index (χ1v) is 9.20. The number of benzene rings is 2. The maximum atomic E-state index is 12.7. The van der Waals surface area contributed by atoms with E-state index in [0.717, 1.165) is 17.1 Å². The number of hydrogen-bond acceptors (Lipinski definition) is 6. The Morgan fingerprint density at radius 1 is 1.16 bits per heavy atom. The van der Waals surface area contributed by atoms with Crippen LogP contribution in [0.2, 0.25) is 0 Å². The van der Waals surface area contributed by atoms with Crippen LogP contribution in [0.5, 0.6) is 11.5 Å². The number of aromatic hydroxyl groups is 1. The third-order valence-corrected chi connectivity index (χ3v) is 4.56. The van der Waals surface area contributed by atoms with Gasteiger partial charge in [-0.25, -0.2) is 14.6 Å². The number of phenolic OH excluding ortho intramolecular Hbond substituents is 1. The van der Waals surface area contributed by atoms with Crippen LogP contribution in [0.25, 0.3) is 0 Å². The van der Waals surface area contributed by atoms with Crippen molar-refractivity contribution in [3.8, 4) is 11.5 Å². The number of phenols is 1. The molecule has 1 heterocycles. The first-order chi connectivity index (χ1) is 15.1. The van der Waals surface area contributed by atoms with Gasteiger partial charge in [-0.05, 0) is 48.5 Å². The fraction of sp³-hybridized carbons (Fsp3) is 0.250. The Labute approximate surface area is 180 Å². The van der Waals surface area contributed by atoms with Crippen LogP contribution in [0.4, 0.5) is 28.4 Å². The lowest BCUT2D eigenvalue weighted by Gasteiger charge is -2.24. The quantitative estimate of drug-likeness (QED) is 0.738. The number of carbonyl (C=O) groups is 2. The summed E-state index contributed by atoms with van der Waals surface area (Å²) in [6, 6.07) is 9.39. The van der Waals surface area contributed by atoms with Crippen LogP contribution in [0.3, 0.4) is 0 Å². The molecule has 0 radical (unpaired) electrons. The first kappa shape index (κ1) is 22.7. The van der Waals surface area contributed by atoms with Crippen LogP contribution in [0.1, 0.15) is 5.56 Å². The van der Waals surface area contributed by atoms with Crippen molar-refractivity contribution in [2.45, 2.75) is 12.4 Å². The van der Waals surface area contributed by atoms with Crippen LogP contribution in [-0.2, 0) is 4.74 Å². The molecule has 0 saturated carbocycles. The molecule has 2 aromatic carbocycles. The highest BCUT2D eigenvalue weighted by Gasteiger charge is 2.36. The van der Waals surface area contributed by atoms with E-state index in [9.17, 15) is 27.9 Å². The van der Waals surface area contributed by atoms with Gasteiger partial charge in [-0.1, -0.05) is 0 Å². The summed E-state index contributed by atoms with van der Waals surface area (Å²) in [6.07, 6.45) is -5.45. The molecule has 0 aromatic heterocycles. The predicted octanol–water partition coefficient (Wildman–Crippen LogP) is 3.61. The van der Waals surface area contributed by atoms with Crippen LogP contribution < -0.4 is 10.1 Å². The van der Waals surface area contributed by atoms with Crippen LogP contribution in [-0.4, -0.2) is 66.0 Å². The third-order valence-electron chi connectivity index (χ3n) is 4.56. The van der Waals surface area contributed by atoms with Crippen molar-refractivity contribution in [1.29, 1.82) is 0 Å². The number of anilines is 1. The SMILES string of the molecule is COC(=O)N(C)C1CN(C(=O)Nc2ccc(OC(F)(F)F)cc2)N=C1c1ccc(O)cc1. The number of methoxy groups -OCH3 is 1. The number of alkyl halides is 3. The molecule has 0 saturated heterocycles. The van der Waals surface area contributed by atoms with Crippen molar-refractivity contribution >= 4 is 23.5 Å².